The number of benzene rings is 1. The summed E-state index contributed by atoms with van der Waals surface area (Å²) < 4.78 is 34.6. The number of H-pyrrole nitrogens is 1. The summed E-state index contributed by atoms with van der Waals surface area (Å²) in [6.45, 7) is -0.723. The first kappa shape index (κ1) is 26.2. The predicted octanol–water partition coefficient (Wildman–Crippen LogP) is 1.66. The number of rotatable bonds is 8. The van der Waals surface area contributed by atoms with Gasteiger partial charge in [0.15, 0.2) is 29.1 Å². The maximum Gasteiger partial charge on any atom is 0.340 e. The summed E-state index contributed by atoms with van der Waals surface area (Å²) in [5.74, 6) is -1.13. The van der Waals surface area contributed by atoms with Gasteiger partial charge in [-0.15, -0.1) is 0 Å². The summed E-state index contributed by atoms with van der Waals surface area (Å²) in [6.07, 6.45) is -2.55. The fourth-order valence-electron chi connectivity index (χ4n) is 3.99. The smallest absolute Gasteiger partial charge is 0.340 e. The van der Waals surface area contributed by atoms with Crippen molar-refractivity contribution in [1.82, 2.24) is 24.5 Å². The van der Waals surface area contributed by atoms with Crippen LogP contribution >= 0.6 is 26.8 Å². The Kier molecular flexibility index (Phi) is 6.88. The molecule has 4 heterocycles. The molecule has 1 fully saturated rings. The summed E-state index contributed by atoms with van der Waals surface area (Å²) in [7, 11) is -9.53. The molecule has 15 nitrogen and oxygen atoms in total. The SMILES string of the molecule is O=P(O)(O)CP(=O)(O)OCC1OC(n2cnc3c(Nc4ccc5[nH]ccc5c4)nc(Cl)nc32)C(O)C1O. The molecule has 0 bridgehead atoms. The zero-order valence-electron chi connectivity index (χ0n) is 18.6. The molecule has 1 aliphatic heterocycles. The first-order valence-electron chi connectivity index (χ1n) is 10.7. The summed E-state index contributed by atoms with van der Waals surface area (Å²) >= 11 is 6.15. The summed E-state index contributed by atoms with van der Waals surface area (Å²) in [4.78, 5) is 43.3. The van der Waals surface area contributed by atoms with Gasteiger partial charge in [0.1, 0.15) is 18.3 Å². The Bertz CT molecular complexity index is 1560. The number of hydrogen-bond donors (Lipinski definition) is 7. The third kappa shape index (κ3) is 5.56. The fraction of sp³-hybridized carbons (Fsp3) is 0.316. The highest BCUT2D eigenvalue weighted by molar-refractivity contribution is 7.70. The monoisotopic (exact) mass is 574 g/mol. The van der Waals surface area contributed by atoms with Crippen LogP contribution in [0.5, 0.6) is 0 Å². The van der Waals surface area contributed by atoms with Gasteiger partial charge >= 0.3 is 15.2 Å². The van der Waals surface area contributed by atoms with E-state index in [0.29, 0.717) is 5.69 Å². The molecule has 18 heteroatoms. The minimum atomic E-state index is -4.84. The van der Waals surface area contributed by atoms with Crippen molar-refractivity contribution < 1.29 is 43.3 Å². The van der Waals surface area contributed by atoms with E-state index >= 15 is 0 Å². The van der Waals surface area contributed by atoms with E-state index < -0.39 is 52.2 Å². The lowest BCUT2D eigenvalue weighted by atomic mass is 10.1. The molecule has 1 saturated heterocycles. The molecule has 5 unspecified atom stereocenters. The number of nitrogens with one attached hydrogen (secondary N) is 2. The third-order valence-corrected chi connectivity index (χ3v) is 9.25. The number of halogens is 1. The number of nitrogens with zero attached hydrogens (tertiary/aromatic N) is 4. The average Bonchev–Trinajstić information content (AvgIpc) is 3.49. The van der Waals surface area contributed by atoms with E-state index in [1.54, 1.807) is 0 Å². The van der Waals surface area contributed by atoms with Gasteiger partial charge < -0.3 is 44.5 Å². The van der Waals surface area contributed by atoms with Crippen molar-refractivity contribution in [3.05, 3.63) is 42.1 Å². The molecule has 198 valence electrons. The predicted molar refractivity (Wildman–Crippen MR) is 131 cm³/mol. The molecule has 5 rings (SSSR count). The van der Waals surface area contributed by atoms with Gasteiger partial charge in [0, 0.05) is 22.8 Å². The lowest BCUT2D eigenvalue weighted by Gasteiger charge is -2.18. The van der Waals surface area contributed by atoms with Gasteiger partial charge in [0.05, 0.1) is 12.9 Å². The highest BCUT2D eigenvalue weighted by atomic mass is 35.5. The van der Waals surface area contributed by atoms with E-state index in [4.69, 9.17) is 30.6 Å². The van der Waals surface area contributed by atoms with Crippen molar-refractivity contribution in [3.8, 4) is 0 Å². The standard InChI is InChI=1S/C19H21ClN6O9P2/c20-19-24-16(23-10-1-2-11-9(5-10)3-4-21-11)13-17(25-19)26(7-22-13)18-15(28)14(27)12(35-18)6-34-37(32,33)8-36(29,30)31/h1-5,7,12,14-15,18,21,27-28H,6,8H2,(H,32,33)(H,23,24,25)(H2,29,30,31). The van der Waals surface area contributed by atoms with E-state index in [1.165, 1.54) is 10.9 Å². The van der Waals surface area contributed by atoms with Crippen LogP contribution in [0, 0.1) is 0 Å². The molecule has 0 radical (unpaired) electrons. The van der Waals surface area contributed by atoms with E-state index in [1.807, 2.05) is 30.5 Å². The second-order valence-corrected chi connectivity index (χ2v) is 12.7. The molecule has 0 spiro atoms. The zero-order chi connectivity index (χ0) is 26.5. The summed E-state index contributed by atoms with van der Waals surface area (Å²) in [5.41, 5.74) is 2.10. The molecular formula is C19H21ClN6O9P2. The third-order valence-electron chi connectivity index (χ3n) is 5.63. The number of aliphatic hydroxyl groups excluding tert-OH is 2. The van der Waals surface area contributed by atoms with E-state index in [0.717, 1.165) is 10.9 Å². The first-order chi connectivity index (χ1) is 17.4. The lowest BCUT2D eigenvalue weighted by Crippen LogP contribution is -2.33. The van der Waals surface area contributed by atoms with Crippen LogP contribution in [-0.4, -0.2) is 80.2 Å². The van der Waals surface area contributed by atoms with Gasteiger partial charge in [-0.3, -0.25) is 13.7 Å². The van der Waals surface area contributed by atoms with Crippen molar-refractivity contribution in [3.63, 3.8) is 0 Å². The Morgan fingerprint density at radius 1 is 1.16 bits per heavy atom. The highest BCUT2D eigenvalue weighted by Gasteiger charge is 2.45. The van der Waals surface area contributed by atoms with Gasteiger partial charge in [-0.2, -0.15) is 9.97 Å². The number of imidazole rings is 1. The van der Waals surface area contributed by atoms with Crippen molar-refractivity contribution in [1.29, 1.82) is 0 Å². The van der Waals surface area contributed by atoms with Crippen molar-refractivity contribution in [2.45, 2.75) is 24.5 Å². The highest BCUT2D eigenvalue weighted by Crippen LogP contribution is 2.55. The van der Waals surface area contributed by atoms with E-state index in [9.17, 15) is 24.2 Å². The Morgan fingerprint density at radius 2 is 1.95 bits per heavy atom. The molecule has 1 aromatic carbocycles. The normalized spacial score (nSPS) is 24.1. The van der Waals surface area contributed by atoms with Crippen LogP contribution in [0.1, 0.15) is 6.23 Å². The molecular weight excluding hydrogens is 554 g/mol. The Balaban J connectivity index is 1.38. The molecule has 5 atom stereocenters. The maximum atomic E-state index is 11.9. The molecule has 0 aliphatic carbocycles. The average molecular weight is 575 g/mol. The summed E-state index contributed by atoms with van der Waals surface area (Å²) in [5, 5.41) is 25.0. The maximum absolute atomic E-state index is 11.9. The number of aliphatic hydroxyl groups is 2. The van der Waals surface area contributed by atoms with Crippen LogP contribution in [0.25, 0.3) is 22.1 Å². The van der Waals surface area contributed by atoms with Crippen LogP contribution in [0.2, 0.25) is 5.28 Å². The number of fused-ring (bicyclic) bond motifs is 2. The number of aromatic nitrogens is 5. The van der Waals surface area contributed by atoms with Crippen LogP contribution in [0.15, 0.2) is 36.8 Å². The molecule has 37 heavy (non-hydrogen) atoms. The molecule has 1 aliphatic rings. The van der Waals surface area contributed by atoms with E-state index in [-0.39, 0.29) is 22.3 Å². The van der Waals surface area contributed by atoms with Crippen LogP contribution in [0.3, 0.4) is 0 Å². The molecule has 3 aromatic heterocycles. The molecule has 0 amide bonds. The minimum Gasteiger partial charge on any atom is -0.387 e. The van der Waals surface area contributed by atoms with Gasteiger partial charge in [0.2, 0.25) is 5.28 Å². The number of anilines is 2. The van der Waals surface area contributed by atoms with Gasteiger partial charge in [0.25, 0.3) is 0 Å². The van der Waals surface area contributed by atoms with Crippen molar-refractivity contribution in [2.75, 3.05) is 17.8 Å². The topological polar surface area (TPSA) is 225 Å². The second kappa shape index (κ2) is 9.71. The number of aromatic amines is 1. The Labute approximate surface area is 212 Å². The van der Waals surface area contributed by atoms with Crippen LogP contribution in [-0.2, 0) is 18.4 Å². The molecule has 0 saturated carbocycles. The number of hydrogen-bond acceptors (Lipinski definition) is 10. The Morgan fingerprint density at radius 3 is 2.70 bits per heavy atom. The molecule has 4 aromatic rings. The summed E-state index contributed by atoms with van der Waals surface area (Å²) in [6, 6.07) is 7.51. The zero-order valence-corrected chi connectivity index (χ0v) is 21.2. The fourth-order valence-corrected chi connectivity index (χ4v) is 6.72. The van der Waals surface area contributed by atoms with Crippen LogP contribution < -0.4 is 5.32 Å². The first-order valence-corrected chi connectivity index (χ1v) is 14.6. The second-order valence-electron chi connectivity index (χ2n) is 8.36. The Hall–Kier alpha value is -2.42. The minimum absolute atomic E-state index is 0.133. The molecule has 7 N–H and O–H groups in total. The van der Waals surface area contributed by atoms with Crippen molar-refractivity contribution >= 4 is 60.4 Å². The number of ether oxygens (including phenoxy) is 1. The van der Waals surface area contributed by atoms with Gasteiger partial charge in [-0.25, -0.2) is 4.98 Å². The quantitative estimate of drug-likeness (QED) is 0.117. The van der Waals surface area contributed by atoms with Gasteiger partial charge in [-0.05, 0) is 35.9 Å². The van der Waals surface area contributed by atoms with Gasteiger partial charge in [-0.1, -0.05) is 0 Å². The largest absolute Gasteiger partial charge is 0.387 e. The van der Waals surface area contributed by atoms with Crippen LogP contribution in [0.4, 0.5) is 11.5 Å². The lowest BCUT2D eigenvalue weighted by molar-refractivity contribution is -0.0483. The van der Waals surface area contributed by atoms with Crippen molar-refractivity contribution in [2.24, 2.45) is 0 Å². The van der Waals surface area contributed by atoms with E-state index in [2.05, 4.69) is 25.3 Å².